The third kappa shape index (κ3) is 15.6. The van der Waals surface area contributed by atoms with Gasteiger partial charge in [-0.25, -0.2) is 9.59 Å². The monoisotopic (exact) mass is 1130 g/mol. The maximum atomic E-state index is 12.1. The van der Waals surface area contributed by atoms with Crippen molar-refractivity contribution >= 4 is 67.9 Å². The Labute approximate surface area is 510 Å². The molecular weight excluding hydrogens is 1050 g/mol. The van der Waals surface area contributed by atoms with Crippen LogP contribution in [0.25, 0.3) is 0 Å². The molecule has 0 saturated carbocycles. The Morgan fingerprint density at radius 3 is 0.628 bits per heavy atom. The molecule has 0 atom stereocenters. The number of rotatable bonds is 20. The lowest BCUT2D eigenvalue weighted by Crippen LogP contribution is -2.74. The van der Waals surface area contributed by atoms with Crippen molar-refractivity contribution in [2.45, 2.75) is 13.1 Å². The van der Waals surface area contributed by atoms with Crippen molar-refractivity contribution in [3.8, 4) is 0 Å². The van der Waals surface area contributed by atoms with E-state index in [9.17, 15) is 9.59 Å². The first-order valence-electron chi connectivity index (χ1n) is 29.9. The molecule has 86 heavy (non-hydrogen) atoms. The summed E-state index contributed by atoms with van der Waals surface area (Å²) in [5.41, 5.74) is 14.3. The summed E-state index contributed by atoms with van der Waals surface area (Å²) in [4.78, 5) is 24.3. The standard InChI is InChI=1S/C30H38N2O4.2C24H20B/c1-31(2,19-21-35-29(33)27-11-7-5-8-12-27)23-25-15-17-26(18-16-25)24-32(3,4)20-22-36-30(34)28-13-9-6-10-14-28;2*1-5-13-21(14-6-1)25(22-15-7-2-8-16-22,23-17-9-3-10-18-23)24-19-11-4-12-20-24/h5-18H,19-24H2,1-4H3;2*1-20H/q+2;2*-1. The van der Waals surface area contributed by atoms with Crippen LogP contribution in [0.4, 0.5) is 0 Å². The fraction of sp³-hybridized carbons (Fsp3) is 0.128. The first-order chi connectivity index (χ1) is 42.0. The second kappa shape index (κ2) is 29.8. The van der Waals surface area contributed by atoms with Crippen molar-refractivity contribution in [1.82, 2.24) is 0 Å². The fourth-order valence-electron chi connectivity index (χ4n) is 12.2. The van der Waals surface area contributed by atoms with Crippen molar-refractivity contribution in [3.63, 3.8) is 0 Å². The highest BCUT2D eigenvalue weighted by Crippen LogP contribution is 2.16. The van der Waals surface area contributed by atoms with Gasteiger partial charge in [-0.2, -0.15) is 43.7 Å². The molecule has 0 aliphatic heterocycles. The SMILES string of the molecule is C[N+](C)(CCOC(=O)c1ccccc1)Cc1ccc(C[N+](C)(C)CCOC(=O)c2ccccc2)cc1.c1ccc([B-](c2ccccc2)(c2ccccc2)c2ccccc2)cc1.c1ccc([B-](c2ccccc2)(c2ccccc2)c2ccccc2)cc1. The molecule has 6 nitrogen and oxygen atoms in total. The van der Waals surface area contributed by atoms with Crippen LogP contribution in [0.3, 0.4) is 0 Å². The summed E-state index contributed by atoms with van der Waals surface area (Å²) in [7, 11) is 8.56. The molecule has 0 heterocycles. The van der Waals surface area contributed by atoms with Gasteiger partial charge in [0, 0.05) is 11.1 Å². The Morgan fingerprint density at radius 2 is 0.442 bits per heavy atom. The average Bonchev–Trinajstić information content (AvgIpc) is 1.60. The first-order valence-corrected chi connectivity index (χ1v) is 29.9. The van der Waals surface area contributed by atoms with Crippen LogP contribution in [-0.2, 0) is 22.6 Å². The van der Waals surface area contributed by atoms with E-state index in [0.717, 1.165) is 35.1 Å². The number of nitrogens with zero attached hydrogens (tertiary/aromatic N) is 2. The molecular formula is C78H78B2N2O4. The van der Waals surface area contributed by atoms with Crippen LogP contribution in [-0.4, -0.2) is 87.7 Å². The van der Waals surface area contributed by atoms with Crippen LogP contribution in [0, 0.1) is 0 Å². The van der Waals surface area contributed by atoms with E-state index in [1.54, 1.807) is 24.3 Å². The van der Waals surface area contributed by atoms with E-state index in [2.05, 4.69) is 295 Å². The third-order valence-electron chi connectivity index (χ3n) is 16.5. The smallest absolute Gasteiger partial charge is 0.338 e. The van der Waals surface area contributed by atoms with Gasteiger partial charge in [0.2, 0.25) is 0 Å². The highest BCUT2D eigenvalue weighted by Gasteiger charge is 2.32. The van der Waals surface area contributed by atoms with Crippen LogP contribution in [0.1, 0.15) is 31.8 Å². The Balaban J connectivity index is 0.000000158. The number of ether oxygens (including phenoxy) is 2. The molecule has 0 bridgehead atoms. The molecule has 0 N–H and O–H groups in total. The lowest BCUT2D eigenvalue weighted by Gasteiger charge is -2.44. The largest absolute Gasteiger partial charge is 0.456 e. The second-order valence-corrected chi connectivity index (χ2v) is 23.5. The molecule has 0 unspecified atom stereocenters. The zero-order valence-electron chi connectivity index (χ0n) is 50.1. The van der Waals surface area contributed by atoms with Crippen molar-refractivity contribution in [2.24, 2.45) is 0 Å². The van der Waals surface area contributed by atoms with E-state index in [1.165, 1.54) is 54.8 Å². The van der Waals surface area contributed by atoms with Crippen molar-refractivity contribution in [2.75, 3.05) is 54.5 Å². The van der Waals surface area contributed by atoms with Gasteiger partial charge in [0.1, 0.15) is 51.7 Å². The summed E-state index contributed by atoms with van der Waals surface area (Å²) in [5, 5.41) is 0. The average molecular weight is 1130 g/mol. The van der Waals surface area contributed by atoms with Crippen molar-refractivity contribution in [3.05, 3.63) is 350 Å². The number of carbonyl (C=O) groups is 2. The van der Waals surface area contributed by atoms with Gasteiger partial charge in [-0.15, -0.1) is 0 Å². The Hall–Kier alpha value is -9.59. The van der Waals surface area contributed by atoms with Gasteiger partial charge in [-0.05, 0) is 24.3 Å². The first kappa shape index (κ1) is 61.0. The normalized spacial score (nSPS) is 11.4. The molecule has 0 saturated heterocycles. The summed E-state index contributed by atoms with van der Waals surface area (Å²) >= 11 is 0. The van der Waals surface area contributed by atoms with E-state index in [-0.39, 0.29) is 11.9 Å². The minimum Gasteiger partial charge on any atom is -0.456 e. The van der Waals surface area contributed by atoms with Crippen molar-refractivity contribution < 1.29 is 28.0 Å². The maximum absolute atomic E-state index is 12.1. The molecule has 11 aromatic carbocycles. The lowest BCUT2D eigenvalue weighted by molar-refractivity contribution is -0.904. The van der Waals surface area contributed by atoms with E-state index in [4.69, 9.17) is 9.47 Å². The summed E-state index contributed by atoms with van der Waals surface area (Å²) in [5.74, 6) is -0.564. The number of quaternary nitrogens is 2. The topological polar surface area (TPSA) is 52.6 Å². The summed E-state index contributed by atoms with van der Waals surface area (Å²) in [6, 6.07) is 114. The molecule has 0 aliphatic rings. The quantitative estimate of drug-likeness (QED) is 0.0434. The molecule has 11 aromatic rings. The maximum Gasteiger partial charge on any atom is 0.338 e. The van der Waals surface area contributed by atoms with Crippen LogP contribution in [0.5, 0.6) is 0 Å². The number of hydrogen-bond donors (Lipinski definition) is 0. The summed E-state index contributed by atoms with van der Waals surface area (Å²) in [6.07, 6.45) is -2.43. The van der Waals surface area contributed by atoms with Crippen LogP contribution < -0.4 is 43.7 Å². The van der Waals surface area contributed by atoms with Gasteiger partial charge >= 0.3 is 11.9 Å². The molecule has 0 amide bonds. The predicted octanol–water partition coefficient (Wildman–Crippen LogP) is 10.7. The van der Waals surface area contributed by atoms with Gasteiger partial charge in [0.15, 0.2) is 0 Å². The van der Waals surface area contributed by atoms with Gasteiger partial charge in [-0.1, -0.05) is 303 Å². The Morgan fingerprint density at radius 1 is 0.267 bits per heavy atom. The lowest BCUT2D eigenvalue weighted by atomic mass is 9.13. The van der Waals surface area contributed by atoms with Gasteiger partial charge in [0.05, 0.1) is 39.3 Å². The van der Waals surface area contributed by atoms with Gasteiger partial charge in [0.25, 0.3) is 0 Å². The number of benzene rings is 11. The number of esters is 2. The second-order valence-electron chi connectivity index (χ2n) is 23.5. The minimum atomic E-state index is -1.22. The third-order valence-corrected chi connectivity index (χ3v) is 16.5. The molecule has 0 aromatic heterocycles. The molecule has 11 rings (SSSR count). The van der Waals surface area contributed by atoms with Gasteiger partial charge in [-0.3, -0.25) is 0 Å². The molecule has 0 fully saturated rings. The van der Waals surface area contributed by atoms with E-state index in [1.807, 2.05) is 36.4 Å². The molecule has 0 radical (unpaired) electrons. The number of likely N-dealkylation sites (N-methyl/N-ethyl adjacent to an activating group) is 2. The molecule has 0 aliphatic carbocycles. The summed E-state index contributed by atoms with van der Waals surface area (Å²) < 4.78 is 12.4. The zero-order chi connectivity index (χ0) is 59.9. The van der Waals surface area contributed by atoms with E-state index in [0.29, 0.717) is 24.3 Å². The number of hydrogen-bond acceptors (Lipinski definition) is 4. The van der Waals surface area contributed by atoms with Crippen molar-refractivity contribution in [1.29, 1.82) is 0 Å². The minimum absolute atomic E-state index is 0.282. The molecule has 430 valence electrons. The zero-order valence-corrected chi connectivity index (χ0v) is 50.1. The van der Waals surface area contributed by atoms with Crippen LogP contribution >= 0.6 is 0 Å². The highest BCUT2D eigenvalue weighted by atomic mass is 16.5. The van der Waals surface area contributed by atoms with Crippen LogP contribution in [0.15, 0.2) is 328 Å². The van der Waals surface area contributed by atoms with Gasteiger partial charge < -0.3 is 18.4 Å². The van der Waals surface area contributed by atoms with Crippen LogP contribution in [0.2, 0.25) is 0 Å². The Bertz CT molecular complexity index is 3180. The summed E-state index contributed by atoms with van der Waals surface area (Å²) in [6.45, 7) is 3.89. The number of carbonyl (C=O) groups excluding carboxylic acids is 2. The Kier molecular flexibility index (Phi) is 21.1. The highest BCUT2D eigenvalue weighted by molar-refractivity contribution is 7.20. The fourth-order valence-corrected chi connectivity index (χ4v) is 12.2. The molecule has 0 spiro atoms. The predicted molar refractivity (Wildman–Crippen MR) is 361 cm³/mol. The van der Waals surface area contributed by atoms with E-state index >= 15 is 0 Å². The molecule has 8 heteroatoms. The van der Waals surface area contributed by atoms with E-state index < -0.39 is 12.3 Å².